The van der Waals surface area contributed by atoms with E-state index in [-0.39, 0.29) is 13.2 Å². The summed E-state index contributed by atoms with van der Waals surface area (Å²) in [6.07, 6.45) is 0.730. The zero-order chi connectivity index (χ0) is 16.1. The molecule has 21 heavy (non-hydrogen) atoms. The second-order valence-electron chi connectivity index (χ2n) is 4.48. The molecule has 0 fully saturated rings. The van der Waals surface area contributed by atoms with E-state index in [1.165, 1.54) is 19.1 Å². The van der Waals surface area contributed by atoms with Gasteiger partial charge in [-0.3, -0.25) is 5.32 Å². The van der Waals surface area contributed by atoms with E-state index < -0.39 is 23.2 Å². The summed E-state index contributed by atoms with van der Waals surface area (Å²) in [5.74, 6) is 1.73. The quantitative estimate of drug-likeness (QED) is 0.671. The van der Waals surface area contributed by atoms with Crippen molar-refractivity contribution in [3.05, 3.63) is 35.4 Å². The van der Waals surface area contributed by atoms with Gasteiger partial charge in [-0.15, -0.1) is 6.42 Å². The molecule has 0 aromatic heterocycles. The van der Waals surface area contributed by atoms with E-state index in [1.54, 1.807) is 6.92 Å². The van der Waals surface area contributed by atoms with Gasteiger partial charge in [0.25, 0.3) is 0 Å². The summed E-state index contributed by atoms with van der Waals surface area (Å²) in [6, 6.07) is 4.32. The number of hydrogen-bond acceptors (Lipinski definition) is 3. The van der Waals surface area contributed by atoms with Crippen LogP contribution in [0.25, 0.3) is 0 Å². The van der Waals surface area contributed by atoms with Gasteiger partial charge < -0.3 is 4.74 Å². The van der Waals surface area contributed by atoms with E-state index in [0.29, 0.717) is 5.56 Å². The number of ether oxygens (including phenoxy) is 1. The van der Waals surface area contributed by atoms with Gasteiger partial charge in [-0.05, 0) is 31.5 Å². The molecule has 1 aromatic rings. The van der Waals surface area contributed by atoms with Gasteiger partial charge >= 0.3 is 12.1 Å². The minimum absolute atomic E-state index is 0.0797. The Kier molecular flexibility index (Phi) is 5.39. The molecule has 0 radical (unpaired) electrons. The third kappa shape index (κ3) is 3.99. The molecule has 0 saturated heterocycles. The number of benzene rings is 1. The molecular formula is C15H16F3NO2. The third-order valence-corrected chi connectivity index (χ3v) is 3.02. The molecule has 0 saturated carbocycles. The van der Waals surface area contributed by atoms with Crippen molar-refractivity contribution >= 4 is 5.97 Å². The average molecular weight is 299 g/mol. The number of terminal acetylenes is 1. The Labute approximate surface area is 121 Å². The van der Waals surface area contributed by atoms with Crippen molar-refractivity contribution in [1.82, 2.24) is 5.32 Å². The SMILES string of the molecule is C#CCNC(C)(C(=O)OCC)c1ccc(C(F)(F)F)cc1. The molecule has 0 bridgehead atoms. The van der Waals surface area contributed by atoms with Crippen LogP contribution in [0.4, 0.5) is 13.2 Å². The van der Waals surface area contributed by atoms with Gasteiger partial charge in [-0.25, -0.2) is 4.79 Å². The molecule has 6 heteroatoms. The van der Waals surface area contributed by atoms with Crippen LogP contribution >= 0.6 is 0 Å². The van der Waals surface area contributed by atoms with E-state index >= 15 is 0 Å². The highest BCUT2D eigenvalue weighted by Gasteiger charge is 2.37. The zero-order valence-electron chi connectivity index (χ0n) is 11.8. The van der Waals surface area contributed by atoms with Gasteiger partial charge in [-0.1, -0.05) is 18.1 Å². The fourth-order valence-electron chi connectivity index (χ4n) is 1.79. The van der Waals surface area contributed by atoms with Gasteiger partial charge in [0.1, 0.15) is 5.54 Å². The Morgan fingerprint density at radius 3 is 2.24 bits per heavy atom. The minimum atomic E-state index is -4.43. The fourth-order valence-corrected chi connectivity index (χ4v) is 1.79. The third-order valence-electron chi connectivity index (χ3n) is 3.02. The normalized spacial score (nSPS) is 14.1. The number of halogens is 3. The van der Waals surface area contributed by atoms with Crippen LogP contribution in [0, 0.1) is 12.3 Å². The fraction of sp³-hybridized carbons (Fsp3) is 0.400. The highest BCUT2D eigenvalue weighted by molar-refractivity contribution is 5.82. The number of carbonyl (C=O) groups is 1. The number of nitrogens with one attached hydrogen (secondary N) is 1. The van der Waals surface area contributed by atoms with E-state index in [4.69, 9.17) is 11.2 Å². The maximum atomic E-state index is 12.6. The summed E-state index contributed by atoms with van der Waals surface area (Å²) in [5.41, 5.74) is -1.73. The van der Waals surface area contributed by atoms with Crippen LogP contribution in [-0.4, -0.2) is 19.1 Å². The summed E-state index contributed by atoms with van der Waals surface area (Å²) < 4.78 is 42.7. The molecule has 1 atom stereocenters. The van der Waals surface area contributed by atoms with Crippen LogP contribution in [-0.2, 0) is 21.2 Å². The van der Waals surface area contributed by atoms with Gasteiger partial charge in [0, 0.05) is 0 Å². The summed E-state index contributed by atoms with van der Waals surface area (Å²) in [7, 11) is 0. The van der Waals surface area contributed by atoms with Gasteiger partial charge in [0.15, 0.2) is 0 Å². The van der Waals surface area contributed by atoms with Gasteiger partial charge in [0.05, 0.1) is 18.7 Å². The molecule has 0 amide bonds. The predicted molar refractivity (Wildman–Crippen MR) is 72.3 cm³/mol. The van der Waals surface area contributed by atoms with Crippen LogP contribution in [0.15, 0.2) is 24.3 Å². The van der Waals surface area contributed by atoms with E-state index in [1.807, 2.05) is 0 Å². The predicted octanol–water partition coefficient (Wildman–Crippen LogP) is 2.71. The number of hydrogen-bond donors (Lipinski definition) is 1. The molecule has 114 valence electrons. The molecule has 3 nitrogen and oxygen atoms in total. The lowest BCUT2D eigenvalue weighted by molar-refractivity contribution is -0.150. The first-order valence-electron chi connectivity index (χ1n) is 6.29. The maximum absolute atomic E-state index is 12.6. The van der Waals surface area contributed by atoms with Crippen LogP contribution in [0.2, 0.25) is 0 Å². The van der Waals surface area contributed by atoms with Crippen molar-refractivity contribution in [1.29, 1.82) is 0 Å². The number of esters is 1. The molecular weight excluding hydrogens is 283 g/mol. The second kappa shape index (κ2) is 6.64. The van der Waals surface area contributed by atoms with Crippen molar-refractivity contribution in [2.24, 2.45) is 0 Å². The van der Waals surface area contributed by atoms with E-state index in [9.17, 15) is 18.0 Å². The number of carbonyl (C=O) groups excluding carboxylic acids is 1. The van der Waals surface area contributed by atoms with E-state index in [2.05, 4.69) is 11.2 Å². The van der Waals surface area contributed by atoms with Crippen LogP contribution in [0.3, 0.4) is 0 Å². The largest absolute Gasteiger partial charge is 0.464 e. The number of rotatable bonds is 5. The highest BCUT2D eigenvalue weighted by atomic mass is 19.4. The van der Waals surface area contributed by atoms with E-state index in [0.717, 1.165) is 12.1 Å². The minimum Gasteiger partial charge on any atom is -0.464 e. The van der Waals surface area contributed by atoms with Crippen LogP contribution < -0.4 is 5.32 Å². The Balaban J connectivity index is 3.15. The Bertz CT molecular complexity index is 531. The first-order chi connectivity index (χ1) is 9.75. The topological polar surface area (TPSA) is 38.3 Å². The molecule has 1 aromatic carbocycles. The smallest absolute Gasteiger partial charge is 0.416 e. The van der Waals surface area contributed by atoms with Gasteiger partial charge in [0.2, 0.25) is 0 Å². The van der Waals surface area contributed by atoms with Gasteiger partial charge in [-0.2, -0.15) is 13.2 Å². The molecule has 1 rings (SSSR count). The van der Waals surface area contributed by atoms with Crippen LogP contribution in [0.1, 0.15) is 25.0 Å². The lowest BCUT2D eigenvalue weighted by Gasteiger charge is -2.28. The first-order valence-corrected chi connectivity index (χ1v) is 6.29. The Morgan fingerprint density at radius 1 is 1.29 bits per heavy atom. The summed E-state index contributed by atoms with van der Waals surface area (Å²) in [6.45, 7) is 3.40. The second-order valence-corrected chi connectivity index (χ2v) is 4.48. The number of alkyl halides is 3. The summed E-state index contributed by atoms with van der Waals surface area (Å²) in [5, 5.41) is 2.81. The monoisotopic (exact) mass is 299 g/mol. The molecule has 0 heterocycles. The summed E-state index contributed by atoms with van der Waals surface area (Å²) in [4.78, 5) is 12.1. The van der Waals surface area contributed by atoms with Crippen molar-refractivity contribution in [2.75, 3.05) is 13.2 Å². The lowest BCUT2D eigenvalue weighted by atomic mass is 9.91. The molecule has 0 aliphatic rings. The molecule has 0 spiro atoms. The van der Waals surface area contributed by atoms with Crippen molar-refractivity contribution < 1.29 is 22.7 Å². The Hall–Kier alpha value is -2.00. The molecule has 1 unspecified atom stereocenters. The lowest BCUT2D eigenvalue weighted by Crippen LogP contribution is -2.48. The molecule has 1 N–H and O–H groups in total. The Morgan fingerprint density at radius 2 is 1.81 bits per heavy atom. The summed E-state index contributed by atoms with van der Waals surface area (Å²) >= 11 is 0. The highest BCUT2D eigenvalue weighted by Crippen LogP contribution is 2.31. The maximum Gasteiger partial charge on any atom is 0.416 e. The molecule has 0 aliphatic heterocycles. The zero-order valence-corrected chi connectivity index (χ0v) is 11.8. The van der Waals surface area contributed by atoms with Crippen molar-refractivity contribution in [3.63, 3.8) is 0 Å². The van der Waals surface area contributed by atoms with Crippen LogP contribution in [0.5, 0.6) is 0 Å². The average Bonchev–Trinajstić information content (AvgIpc) is 2.44. The standard InChI is InChI=1S/C15H16F3NO2/c1-4-10-19-14(3,13(20)21-5-2)11-6-8-12(9-7-11)15(16,17)18/h1,6-9,19H,5,10H2,2-3H3. The molecule has 0 aliphatic carbocycles. The van der Waals surface area contributed by atoms with Crippen molar-refractivity contribution in [2.45, 2.75) is 25.6 Å². The van der Waals surface area contributed by atoms with Crippen molar-refractivity contribution in [3.8, 4) is 12.3 Å². The first kappa shape index (κ1) is 17.1.